The van der Waals surface area contributed by atoms with Gasteiger partial charge in [-0.2, -0.15) is 0 Å². The van der Waals surface area contributed by atoms with Gasteiger partial charge in [0.25, 0.3) is 0 Å². The molecule has 156 valence electrons. The molecule has 0 spiro atoms. The second kappa shape index (κ2) is 14.9. The highest BCUT2D eigenvalue weighted by Gasteiger charge is 2.24. The topological polar surface area (TPSA) is 18.5 Å². The molecule has 2 unspecified atom stereocenters. The van der Waals surface area contributed by atoms with Gasteiger partial charge in [-0.25, -0.2) is 0 Å². The molecule has 1 aliphatic heterocycles. The number of ether oxygens (including phenoxy) is 2. The first-order valence-corrected chi connectivity index (χ1v) is 11.5. The molecule has 3 nitrogen and oxygen atoms in total. The van der Waals surface area contributed by atoms with Crippen molar-refractivity contribution >= 4 is 0 Å². The van der Waals surface area contributed by atoms with Crippen LogP contribution in [0.3, 0.4) is 0 Å². The van der Waals surface area contributed by atoms with Gasteiger partial charge in [-0.1, -0.05) is 77.6 Å². The lowest BCUT2D eigenvalue weighted by Gasteiger charge is -2.24. The molecular formula is C23H48NO2+. The first kappa shape index (κ1) is 23.9. The van der Waals surface area contributed by atoms with Gasteiger partial charge < -0.3 is 14.0 Å². The van der Waals surface area contributed by atoms with Crippen molar-refractivity contribution in [1.82, 2.24) is 0 Å². The van der Waals surface area contributed by atoms with Crippen molar-refractivity contribution in [2.75, 3.05) is 40.9 Å². The van der Waals surface area contributed by atoms with E-state index in [0.29, 0.717) is 12.2 Å². The number of unbranched alkanes of at least 4 members (excludes halogenated alkanes) is 10. The normalized spacial score (nSPS) is 20.8. The van der Waals surface area contributed by atoms with E-state index >= 15 is 0 Å². The van der Waals surface area contributed by atoms with E-state index in [1.54, 1.807) is 0 Å². The summed E-state index contributed by atoms with van der Waals surface area (Å²) in [4.78, 5) is 0. The Bertz CT molecular complexity index is 314. The van der Waals surface area contributed by atoms with Gasteiger partial charge in [0.05, 0.1) is 46.6 Å². The Labute approximate surface area is 164 Å². The standard InChI is InChI=1S/C23H48NO2/c1-5-6-7-8-9-10-11-12-13-14-15-16-22-17-18-23(26-22)21-25-20-19-24(2,3)4/h22-23H,5-21H2,1-4H3/q+1. The van der Waals surface area contributed by atoms with E-state index in [-0.39, 0.29) is 0 Å². The summed E-state index contributed by atoms with van der Waals surface area (Å²) in [5, 5.41) is 0. The predicted molar refractivity (Wildman–Crippen MR) is 113 cm³/mol. The van der Waals surface area contributed by atoms with Gasteiger partial charge in [0.15, 0.2) is 0 Å². The van der Waals surface area contributed by atoms with Crippen LogP contribution in [0.2, 0.25) is 0 Å². The van der Waals surface area contributed by atoms with Crippen molar-refractivity contribution in [1.29, 1.82) is 0 Å². The van der Waals surface area contributed by atoms with Crippen LogP contribution in [-0.4, -0.2) is 57.6 Å². The van der Waals surface area contributed by atoms with E-state index < -0.39 is 0 Å². The summed E-state index contributed by atoms with van der Waals surface area (Å²) in [6, 6.07) is 0. The summed E-state index contributed by atoms with van der Waals surface area (Å²) in [6.07, 6.45) is 20.1. The van der Waals surface area contributed by atoms with Crippen LogP contribution < -0.4 is 0 Å². The lowest BCUT2D eigenvalue weighted by molar-refractivity contribution is -0.870. The molecule has 2 atom stereocenters. The van der Waals surface area contributed by atoms with E-state index in [2.05, 4.69) is 28.1 Å². The van der Waals surface area contributed by atoms with Crippen molar-refractivity contribution < 1.29 is 14.0 Å². The maximum absolute atomic E-state index is 6.16. The largest absolute Gasteiger partial charge is 0.373 e. The zero-order valence-electron chi connectivity index (χ0n) is 18.4. The highest BCUT2D eigenvalue weighted by Crippen LogP contribution is 2.24. The monoisotopic (exact) mass is 370 g/mol. The van der Waals surface area contributed by atoms with Crippen molar-refractivity contribution in [2.45, 2.75) is 109 Å². The van der Waals surface area contributed by atoms with E-state index in [9.17, 15) is 0 Å². The average Bonchev–Trinajstić information content (AvgIpc) is 3.03. The Kier molecular flexibility index (Phi) is 13.7. The zero-order valence-corrected chi connectivity index (χ0v) is 18.4. The first-order chi connectivity index (χ1) is 12.5. The Morgan fingerprint density at radius 3 is 1.88 bits per heavy atom. The predicted octanol–water partition coefficient (Wildman–Crippen LogP) is 5.96. The van der Waals surface area contributed by atoms with E-state index in [0.717, 1.165) is 24.2 Å². The highest BCUT2D eigenvalue weighted by atomic mass is 16.5. The molecule has 1 rings (SSSR count). The second-order valence-electron chi connectivity index (χ2n) is 9.37. The molecular weight excluding hydrogens is 322 g/mol. The van der Waals surface area contributed by atoms with Gasteiger partial charge in [0.2, 0.25) is 0 Å². The van der Waals surface area contributed by atoms with Crippen molar-refractivity contribution in [3.63, 3.8) is 0 Å². The second-order valence-corrected chi connectivity index (χ2v) is 9.37. The third-order valence-electron chi connectivity index (χ3n) is 5.54. The van der Waals surface area contributed by atoms with Crippen molar-refractivity contribution in [3.05, 3.63) is 0 Å². The van der Waals surface area contributed by atoms with Crippen LogP contribution in [0.1, 0.15) is 96.8 Å². The number of quaternary nitrogens is 1. The molecule has 0 saturated carbocycles. The van der Waals surface area contributed by atoms with Crippen molar-refractivity contribution in [3.8, 4) is 0 Å². The van der Waals surface area contributed by atoms with Crippen molar-refractivity contribution in [2.24, 2.45) is 0 Å². The number of hydrogen-bond donors (Lipinski definition) is 0. The zero-order chi connectivity index (χ0) is 19.1. The molecule has 0 aromatic heterocycles. The Hall–Kier alpha value is -0.120. The summed E-state index contributed by atoms with van der Waals surface area (Å²) in [6.45, 7) is 4.98. The minimum atomic E-state index is 0.347. The average molecular weight is 371 g/mol. The van der Waals surface area contributed by atoms with Gasteiger partial charge in [0.1, 0.15) is 6.54 Å². The van der Waals surface area contributed by atoms with Crippen LogP contribution in [-0.2, 0) is 9.47 Å². The van der Waals surface area contributed by atoms with Gasteiger partial charge in [-0.3, -0.25) is 0 Å². The van der Waals surface area contributed by atoms with Gasteiger partial charge in [-0.05, 0) is 19.3 Å². The number of hydrogen-bond acceptors (Lipinski definition) is 2. The molecule has 0 aromatic rings. The molecule has 0 N–H and O–H groups in total. The highest BCUT2D eigenvalue weighted by molar-refractivity contribution is 4.73. The van der Waals surface area contributed by atoms with E-state index in [1.807, 2.05) is 0 Å². The van der Waals surface area contributed by atoms with Crippen LogP contribution >= 0.6 is 0 Å². The molecule has 1 heterocycles. The molecule has 0 radical (unpaired) electrons. The third-order valence-corrected chi connectivity index (χ3v) is 5.54. The first-order valence-electron chi connectivity index (χ1n) is 11.5. The molecule has 3 heteroatoms. The van der Waals surface area contributed by atoms with E-state index in [4.69, 9.17) is 9.47 Å². The number of likely N-dealkylation sites (N-methyl/N-ethyl adjacent to an activating group) is 1. The fraction of sp³-hybridized carbons (Fsp3) is 1.00. The fourth-order valence-corrected chi connectivity index (χ4v) is 3.70. The quantitative estimate of drug-likeness (QED) is 0.232. The summed E-state index contributed by atoms with van der Waals surface area (Å²) in [5.41, 5.74) is 0. The summed E-state index contributed by atoms with van der Waals surface area (Å²) < 4.78 is 12.9. The maximum Gasteiger partial charge on any atom is 0.102 e. The smallest absolute Gasteiger partial charge is 0.102 e. The van der Waals surface area contributed by atoms with E-state index in [1.165, 1.54) is 89.9 Å². The lowest BCUT2D eigenvalue weighted by Crippen LogP contribution is -2.38. The van der Waals surface area contributed by atoms with Gasteiger partial charge >= 0.3 is 0 Å². The molecule has 1 saturated heterocycles. The van der Waals surface area contributed by atoms with Crippen LogP contribution in [0.5, 0.6) is 0 Å². The maximum atomic E-state index is 6.16. The number of nitrogens with zero attached hydrogens (tertiary/aromatic N) is 1. The van der Waals surface area contributed by atoms with Crippen LogP contribution in [0.4, 0.5) is 0 Å². The Morgan fingerprint density at radius 1 is 0.769 bits per heavy atom. The molecule has 0 aliphatic carbocycles. The van der Waals surface area contributed by atoms with Crippen LogP contribution in [0.15, 0.2) is 0 Å². The third kappa shape index (κ3) is 14.0. The Morgan fingerprint density at radius 2 is 1.31 bits per heavy atom. The SMILES string of the molecule is CCCCCCCCCCCCCC1CCC(COCC[N+](C)(C)C)O1. The summed E-state index contributed by atoms with van der Waals surface area (Å²) >= 11 is 0. The Balaban J connectivity index is 1.84. The van der Waals surface area contributed by atoms with Crippen LogP contribution in [0.25, 0.3) is 0 Å². The lowest BCUT2D eigenvalue weighted by atomic mass is 10.0. The van der Waals surface area contributed by atoms with Gasteiger partial charge in [-0.15, -0.1) is 0 Å². The molecule has 0 aromatic carbocycles. The molecule has 1 fully saturated rings. The fourth-order valence-electron chi connectivity index (χ4n) is 3.70. The molecule has 0 amide bonds. The van der Waals surface area contributed by atoms with Crippen LogP contribution in [0, 0.1) is 0 Å². The minimum Gasteiger partial charge on any atom is -0.373 e. The summed E-state index contributed by atoms with van der Waals surface area (Å²) in [7, 11) is 6.62. The summed E-state index contributed by atoms with van der Waals surface area (Å²) in [5.74, 6) is 0. The number of rotatable bonds is 17. The molecule has 1 aliphatic rings. The minimum absolute atomic E-state index is 0.347. The molecule has 0 bridgehead atoms. The molecule has 26 heavy (non-hydrogen) atoms. The van der Waals surface area contributed by atoms with Gasteiger partial charge in [0, 0.05) is 0 Å².